The van der Waals surface area contributed by atoms with Gasteiger partial charge in [-0.05, 0) is 61.1 Å². The number of aromatic hydroxyl groups is 1. The fraction of sp³-hybridized carbons (Fsp3) is 0.684. The van der Waals surface area contributed by atoms with Crippen LogP contribution in [0.2, 0.25) is 0 Å². The second-order valence-electron chi connectivity index (χ2n) is 7.39. The van der Waals surface area contributed by atoms with E-state index in [1.807, 2.05) is 13.8 Å². The second kappa shape index (κ2) is 6.83. The van der Waals surface area contributed by atoms with Crippen molar-refractivity contribution in [1.82, 2.24) is 5.32 Å². The third-order valence-electron chi connectivity index (χ3n) is 5.14. The smallest absolute Gasteiger partial charge is 0.121 e. The number of phenolic OH excluding ortho intramolecular Hbond substituents is 1. The SMILES string of the molecule is Cc1cc(CNC2CC(C)CCC2C(C)C)cc(C)c1O. The highest BCUT2D eigenvalue weighted by molar-refractivity contribution is 5.42. The zero-order valence-electron chi connectivity index (χ0n) is 14.2. The molecule has 0 aromatic heterocycles. The summed E-state index contributed by atoms with van der Waals surface area (Å²) in [5.41, 5.74) is 3.23. The average molecular weight is 289 g/mol. The molecule has 0 spiro atoms. The molecule has 1 aromatic rings. The predicted octanol–water partition coefficient (Wildman–Crippen LogP) is 4.56. The van der Waals surface area contributed by atoms with Gasteiger partial charge in [-0.25, -0.2) is 0 Å². The highest BCUT2D eigenvalue weighted by Crippen LogP contribution is 2.33. The molecule has 0 amide bonds. The lowest BCUT2D eigenvalue weighted by molar-refractivity contribution is 0.169. The summed E-state index contributed by atoms with van der Waals surface area (Å²) in [4.78, 5) is 0. The number of aryl methyl sites for hydroxylation is 2. The van der Waals surface area contributed by atoms with Crippen molar-refractivity contribution in [2.24, 2.45) is 17.8 Å². The van der Waals surface area contributed by atoms with Gasteiger partial charge >= 0.3 is 0 Å². The van der Waals surface area contributed by atoms with Gasteiger partial charge < -0.3 is 10.4 Å². The van der Waals surface area contributed by atoms with Crippen molar-refractivity contribution in [1.29, 1.82) is 0 Å². The van der Waals surface area contributed by atoms with E-state index in [-0.39, 0.29) is 0 Å². The molecule has 0 bridgehead atoms. The van der Waals surface area contributed by atoms with E-state index in [2.05, 4.69) is 38.2 Å². The van der Waals surface area contributed by atoms with E-state index < -0.39 is 0 Å². The molecule has 0 heterocycles. The van der Waals surface area contributed by atoms with Gasteiger partial charge in [0.1, 0.15) is 5.75 Å². The Labute approximate surface area is 130 Å². The van der Waals surface area contributed by atoms with E-state index in [0.717, 1.165) is 35.4 Å². The molecule has 1 fully saturated rings. The topological polar surface area (TPSA) is 32.3 Å². The van der Waals surface area contributed by atoms with E-state index in [9.17, 15) is 5.11 Å². The van der Waals surface area contributed by atoms with Gasteiger partial charge in [0.2, 0.25) is 0 Å². The van der Waals surface area contributed by atoms with Crippen molar-refractivity contribution >= 4 is 0 Å². The highest BCUT2D eigenvalue weighted by atomic mass is 16.3. The summed E-state index contributed by atoms with van der Waals surface area (Å²) in [5.74, 6) is 2.81. The van der Waals surface area contributed by atoms with E-state index in [0.29, 0.717) is 11.8 Å². The molecule has 2 rings (SSSR count). The summed E-state index contributed by atoms with van der Waals surface area (Å²) in [6.07, 6.45) is 4.02. The van der Waals surface area contributed by atoms with Gasteiger partial charge in [0.05, 0.1) is 0 Å². The number of nitrogens with one attached hydrogen (secondary N) is 1. The van der Waals surface area contributed by atoms with Crippen LogP contribution in [0.1, 0.15) is 56.7 Å². The lowest BCUT2D eigenvalue weighted by Crippen LogP contribution is -2.42. The average Bonchev–Trinajstić information content (AvgIpc) is 2.42. The summed E-state index contributed by atoms with van der Waals surface area (Å²) in [6, 6.07) is 4.83. The first kappa shape index (κ1) is 16.4. The van der Waals surface area contributed by atoms with E-state index in [1.165, 1.54) is 24.8 Å². The maximum atomic E-state index is 9.88. The van der Waals surface area contributed by atoms with E-state index >= 15 is 0 Å². The Balaban J connectivity index is 2.03. The van der Waals surface area contributed by atoms with Crippen LogP contribution < -0.4 is 5.32 Å². The third-order valence-corrected chi connectivity index (χ3v) is 5.14. The molecule has 3 unspecified atom stereocenters. The van der Waals surface area contributed by atoms with Crippen LogP contribution in [0.4, 0.5) is 0 Å². The molecule has 0 saturated heterocycles. The minimum Gasteiger partial charge on any atom is -0.507 e. The first-order valence-electron chi connectivity index (χ1n) is 8.41. The molecule has 1 aliphatic rings. The summed E-state index contributed by atoms with van der Waals surface area (Å²) in [6.45, 7) is 11.9. The van der Waals surface area contributed by atoms with E-state index in [1.54, 1.807) is 0 Å². The molecule has 0 radical (unpaired) electrons. The summed E-state index contributed by atoms with van der Waals surface area (Å²) in [7, 11) is 0. The van der Waals surface area contributed by atoms with Gasteiger partial charge in [0.25, 0.3) is 0 Å². The fourth-order valence-corrected chi connectivity index (χ4v) is 3.83. The van der Waals surface area contributed by atoms with Crippen LogP contribution in [-0.2, 0) is 6.54 Å². The number of rotatable bonds is 4. The number of benzene rings is 1. The van der Waals surface area contributed by atoms with Crippen LogP contribution in [-0.4, -0.2) is 11.1 Å². The minimum absolute atomic E-state index is 0.435. The van der Waals surface area contributed by atoms with Crippen molar-refractivity contribution in [3.05, 3.63) is 28.8 Å². The number of hydrogen-bond donors (Lipinski definition) is 2. The molecule has 118 valence electrons. The van der Waals surface area contributed by atoms with Crippen LogP contribution in [0.3, 0.4) is 0 Å². The fourth-order valence-electron chi connectivity index (χ4n) is 3.83. The second-order valence-corrected chi connectivity index (χ2v) is 7.39. The van der Waals surface area contributed by atoms with Crippen molar-refractivity contribution in [2.75, 3.05) is 0 Å². The van der Waals surface area contributed by atoms with Crippen LogP contribution in [0, 0.1) is 31.6 Å². The van der Waals surface area contributed by atoms with Gasteiger partial charge in [0.15, 0.2) is 0 Å². The molecule has 2 heteroatoms. The molecule has 0 aliphatic heterocycles. The predicted molar refractivity (Wildman–Crippen MR) is 89.6 cm³/mol. The van der Waals surface area contributed by atoms with Crippen LogP contribution in [0.5, 0.6) is 5.75 Å². The Hall–Kier alpha value is -1.02. The van der Waals surface area contributed by atoms with E-state index in [4.69, 9.17) is 0 Å². The minimum atomic E-state index is 0.435. The Bertz CT molecular complexity index is 457. The Kier molecular flexibility index (Phi) is 5.32. The molecular formula is C19H31NO. The molecule has 2 N–H and O–H groups in total. The third kappa shape index (κ3) is 4.00. The maximum Gasteiger partial charge on any atom is 0.121 e. The normalized spacial score (nSPS) is 26.3. The molecule has 1 saturated carbocycles. The van der Waals surface area contributed by atoms with Gasteiger partial charge in [-0.2, -0.15) is 0 Å². The lowest BCUT2D eigenvalue weighted by Gasteiger charge is -2.38. The highest BCUT2D eigenvalue weighted by Gasteiger charge is 2.30. The first-order chi connectivity index (χ1) is 9.88. The van der Waals surface area contributed by atoms with Crippen molar-refractivity contribution in [3.8, 4) is 5.75 Å². The standard InChI is InChI=1S/C19H31NO/c1-12(2)17-7-6-13(3)8-18(17)20-11-16-9-14(4)19(21)15(5)10-16/h9-10,12-13,17-18,20-21H,6-8,11H2,1-5H3. The summed E-state index contributed by atoms with van der Waals surface area (Å²) in [5, 5.41) is 13.7. The van der Waals surface area contributed by atoms with Crippen molar-refractivity contribution in [3.63, 3.8) is 0 Å². The first-order valence-corrected chi connectivity index (χ1v) is 8.41. The molecule has 21 heavy (non-hydrogen) atoms. The van der Waals surface area contributed by atoms with Gasteiger partial charge in [-0.15, -0.1) is 0 Å². The van der Waals surface area contributed by atoms with Crippen molar-refractivity contribution < 1.29 is 5.11 Å². The van der Waals surface area contributed by atoms with Crippen LogP contribution in [0.25, 0.3) is 0 Å². The molecular weight excluding hydrogens is 258 g/mol. The van der Waals surface area contributed by atoms with Gasteiger partial charge in [-0.3, -0.25) is 0 Å². The molecule has 3 atom stereocenters. The van der Waals surface area contributed by atoms with Crippen LogP contribution >= 0.6 is 0 Å². The quantitative estimate of drug-likeness (QED) is 0.851. The monoisotopic (exact) mass is 289 g/mol. The molecule has 1 aliphatic carbocycles. The van der Waals surface area contributed by atoms with Crippen molar-refractivity contribution in [2.45, 2.75) is 66.5 Å². The van der Waals surface area contributed by atoms with Gasteiger partial charge in [-0.1, -0.05) is 39.3 Å². The largest absolute Gasteiger partial charge is 0.507 e. The number of hydrogen-bond acceptors (Lipinski definition) is 2. The Morgan fingerprint density at radius 2 is 1.81 bits per heavy atom. The maximum absolute atomic E-state index is 9.88. The Morgan fingerprint density at radius 3 is 2.38 bits per heavy atom. The van der Waals surface area contributed by atoms with Crippen LogP contribution in [0.15, 0.2) is 12.1 Å². The zero-order valence-corrected chi connectivity index (χ0v) is 14.2. The lowest BCUT2D eigenvalue weighted by atomic mass is 9.74. The summed E-state index contributed by atoms with van der Waals surface area (Å²) >= 11 is 0. The number of phenols is 1. The Morgan fingerprint density at radius 1 is 1.19 bits per heavy atom. The molecule has 2 nitrogen and oxygen atoms in total. The summed E-state index contributed by atoms with van der Waals surface area (Å²) < 4.78 is 0. The van der Waals surface area contributed by atoms with Gasteiger partial charge in [0, 0.05) is 12.6 Å². The zero-order chi connectivity index (χ0) is 15.6. The molecule has 1 aromatic carbocycles.